The Morgan fingerprint density at radius 3 is 1.93 bits per heavy atom. The summed E-state index contributed by atoms with van der Waals surface area (Å²) >= 11 is 0. The van der Waals surface area contributed by atoms with Gasteiger partial charge in [-0.2, -0.15) is 0 Å². The smallest absolute Gasteiger partial charge is 0.330 e. The van der Waals surface area contributed by atoms with Crippen molar-refractivity contribution in [2.24, 2.45) is 11.7 Å². The first-order valence-electron chi connectivity index (χ1n) is 14.1. The van der Waals surface area contributed by atoms with Gasteiger partial charge in [-0.3, -0.25) is 14.4 Å². The van der Waals surface area contributed by atoms with Gasteiger partial charge < -0.3 is 26.0 Å². The molecule has 42 heavy (non-hydrogen) atoms. The van der Waals surface area contributed by atoms with Crippen molar-refractivity contribution in [1.82, 2.24) is 15.5 Å². The summed E-state index contributed by atoms with van der Waals surface area (Å²) in [5, 5.41) is 5.66. The van der Waals surface area contributed by atoms with Gasteiger partial charge in [-0.15, -0.1) is 0 Å². The summed E-state index contributed by atoms with van der Waals surface area (Å²) < 4.78 is 6.18. The normalized spacial score (nSPS) is 17.7. The van der Waals surface area contributed by atoms with Gasteiger partial charge in [0.1, 0.15) is 18.1 Å². The van der Waals surface area contributed by atoms with E-state index in [1.54, 1.807) is 40.0 Å². The van der Waals surface area contributed by atoms with Crippen molar-refractivity contribution in [3.05, 3.63) is 107 Å². The van der Waals surface area contributed by atoms with Crippen molar-refractivity contribution in [3.8, 4) is 0 Å². The maximum Gasteiger partial charge on any atom is 0.330 e. The maximum absolute atomic E-state index is 14.3. The molecule has 3 amide bonds. The minimum absolute atomic E-state index is 0.118. The number of ether oxygens (including phenoxy) is 1. The lowest BCUT2D eigenvalue weighted by atomic mass is 9.86. The Hall–Kier alpha value is -4.50. The topological polar surface area (TPSA) is 131 Å². The Balaban J connectivity index is 1.77. The minimum Gasteiger partial charge on any atom is -0.451 e. The molecule has 220 valence electrons. The van der Waals surface area contributed by atoms with Gasteiger partial charge in [0, 0.05) is 6.42 Å². The first kappa shape index (κ1) is 30.5. The highest BCUT2D eigenvalue weighted by molar-refractivity contribution is 5.97. The van der Waals surface area contributed by atoms with Crippen LogP contribution in [0.4, 0.5) is 0 Å². The molecule has 1 aliphatic rings. The van der Waals surface area contributed by atoms with E-state index in [9.17, 15) is 19.2 Å². The third-order valence-corrected chi connectivity index (χ3v) is 7.67. The fourth-order valence-corrected chi connectivity index (χ4v) is 5.25. The minimum atomic E-state index is -1.23. The van der Waals surface area contributed by atoms with Gasteiger partial charge in [0.2, 0.25) is 17.7 Å². The Kier molecular flexibility index (Phi) is 9.75. The average molecular weight is 571 g/mol. The Labute approximate surface area is 246 Å². The number of nitrogens with two attached hydrogens (primary N) is 1. The number of nitrogens with zero attached hydrogens (tertiary/aromatic N) is 1. The highest BCUT2D eigenvalue weighted by Gasteiger charge is 2.47. The third kappa shape index (κ3) is 6.52. The van der Waals surface area contributed by atoms with Gasteiger partial charge in [0.15, 0.2) is 6.10 Å². The molecular formula is C33H38N4O5. The van der Waals surface area contributed by atoms with Crippen molar-refractivity contribution >= 4 is 23.7 Å². The monoisotopic (exact) mass is 570 g/mol. The summed E-state index contributed by atoms with van der Waals surface area (Å²) in [5.41, 5.74) is 8.70. The van der Waals surface area contributed by atoms with Crippen LogP contribution in [0.5, 0.6) is 0 Å². The van der Waals surface area contributed by atoms with Crippen LogP contribution in [-0.2, 0) is 30.3 Å². The van der Waals surface area contributed by atoms with Crippen LogP contribution in [0.2, 0.25) is 0 Å². The Morgan fingerprint density at radius 2 is 1.40 bits per heavy atom. The molecule has 3 aromatic rings. The molecule has 0 radical (unpaired) electrons. The molecule has 3 aromatic carbocycles. The highest BCUT2D eigenvalue weighted by Crippen LogP contribution is 2.36. The summed E-state index contributed by atoms with van der Waals surface area (Å²) in [6.45, 7) is 5.25. The summed E-state index contributed by atoms with van der Waals surface area (Å²) in [5.74, 6) is -2.79. The summed E-state index contributed by atoms with van der Waals surface area (Å²) in [7, 11) is 1.64. The number of carbonyl (C=O) groups is 4. The lowest BCUT2D eigenvalue weighted by Gasteiger charge is -2.43. The zero-order chi connectivity index (χ0) is 30.4. The number of primary amides is 1. The number of hydrogen-bond acceptors (Lipinski definition) is 6. The SMILES string of the molecule is CNC(C)C(=O)NC(C(=O)N1C(C(=O)OC(c2ccccc2)c2ccccc2)Cc2ccccc2C1C(N)=O)C(C)C. The number of rotatable bonds is 10. The molecule has 0 aliphatic carbocycles. The largest absolute Gasteiger partial charge is 0.451 e. The lowest BCUT2D eigenvalue weighted by molar-refractivity contribution is -0.163. The second-order valence-corrected chi connectivity index (χ2v) is 10.8. The molecule has 4 rings (SSSR count). The van der Waals surface area contributed by atoms with Gasteiger partial charge in [-0.1, -0.05) is 98.8 Å². The summed E-state index contributed by atoms with van der Waals surface area (Å²) in [6.07, 6.45) is -0.634. The molecule has 0 saturated heterocycles. The molecular weight excluding hydrogens is 532 g/mol. The molecule has 4 unspecified atom stereocenters. The van der Waals surface area contributed by atoms with Crippen molar-refractivity contribution < 1.29 is 23.9 Å². The van der Waals surface area contributed by atoms with Crippen LogP contribution >= 0.6 is 0 Å². The maximum atomic E-state index is 14.3. The number of nitrogens with one attached hydrogen (secondary N) is 2. The van der Waals surface area contributed by atoms with Crippen LogP contribution in [0.15, 0.2) is 84.9 Å². The Bertz CT molecular complexity index is 1370. The van der Waals surface area contributed by atoms with Crippen molar-refractivity contribution in [2.75, 3.05) is 7.05 Å². The van der Waals surface area contributed by atoms with E-state index in [1.807, 2.05) is 72.8 Å². The lowest BCUT2D eigenvalue weighted by Crippen LogP contribution is -2.61. The van der Waals surface area contributed by atoms with Gasteiger partial charge in [-0.25, -0.2) is 4.79 Å². The molecule has 0 aromatic heterocycles. The van der Waals surface area contributed by atoms with Crippen molar-refractivity contribution in [2.45, 2.75) is 57.5 Å². The molecule has 1 heterocycles. The number of benzene rings is 3. The fourth-order valence-electron chi connectivity index (χ4n) is 5.25. The average Bonchev–Trinajstić information content (AvgIpc) is 3.01. The number of esters is 1. The quantitative estimate of drug-likeness (QED) is 0.321. The highest BCUT2D eigenvalue weighted by atomic mass is 16.5. The number of carbonyl (C=O) groups excluding carboxylic acids is 4. The number of fused-ring (bicyclic) bond motifs is 1. The molecule has 1 aliphatic heterocycles. The molecule has 0 fully saturated rings. The Morgan fingerprint density at radius 1 is 0.857 bits per heavy atom. The second kappa shape index (κ2) is 13.4. The standard InChI is InChI=1S/C33H38N4O5/c1-20(2)27(36-31(39)21(3)35-4)32(40)37-26(19-24-17-11-12-18-25(24)28(37)30(34)38)33(41)42-29(22-13-7-5-8-14-22)23-15-9-6-10-16-23/h5-18,20-21,26-29,35H,19H2,1-4H3,(H2,34,38)(H,36,39). The van der Waals surface area contributed by atoms with Crippen molar-refractivity contribution in [3.63, 3.8) is 0 Å². The van der Waals surface area contributed by atoms with E-state index in [0.717, 1.165) is 16.7 Å². The van der Waals surface area contributed by atoms with Gasteiger partial charge in [-0.05, 0) is 42.1 Å². The van der Waals surface area contributed by atoms with Gasteiger partial charge >= 0.3 is 5.97 Å². The predicted octanol–water partition coefficient (Wildman–Crippen LogP) is 3.05. The van der Waals surface area contributed by atoms with E-state index in [4.69, 9.17) is 10.5 Å². The second-order valence-electron chi connectivity index (χ2n) is 10.8. The van der Waals surface area contributed by atoms with E-state index >= 15 is 0 Å². The van der Waals surface area contributed by atoms with Crippen LogP contribution in [0.1, 0.15) is 55.2 Å². The molecule has 0 saturated carbocycles. The molecule has 0 bridgehead atoms. The molecule has 9 heteroatoms. The third-order valence-electron chi connectivity index (χ3n) is 7.67. The van der Waals surface area contributed by atoms with Crippen LogP contribution in [0, 0.1) is 5.92 Å². The molecule has 9 nitrogen and oxygen atoms in total. The van der Waals surface area contributed by atoms with E-state index < -0.39 is 48.1 Å². The molecule has 4 atom stereocenters. The van der Waals surface area contributed by atoms with E-state index in [0.29, 0.717) is 5.56 Å². The van der Waals surface area contributed by atoms with E-state index in [2.05, 4.69) is 10.6 Å². The first-order chi connectivity index (χ1) is 20.1. The van der Waals surface area contributed by atoms with Gasteiger partial charge in [0.05, 0.1) is 6.04 Å². The van der Waals surface area contributed by atoms with Crippen LogP contribution < -0.4 is 16.4 Å². The summed E-state index contributed by atoms with van der Waals surface area (Å²) in [6, 6.07) is 21.8. The fraction of sp³-hybridized carbons (Fsp3) is 0.333. The van der Waals surface area contributed by atoms with E-state index in [1.165, 1.54) is 4.90 Å². The van der Waals surface area contributed by atoms with Crippen LogP contribution in [-0.4, -0.2) is 53.8 Å². The number of likely N-dealkylation sites (N-methyl/N-ethyl adjacent to an activating group) is 1. The molecule has 4 N–H and O–H groups in total. The zero-order valence-corrected chi connectivity index (χ0v) is 24.3. The zero-order valence-electron chi connectivity index (χ0n) is 24.3. The van der Waals surface area contributed by atoms with E-state index in [-0.39, 0.29) is 18.2 Å². The van der Waals surface area contributed by atoms with Gasteiger partial charge in [0.25, 0.3) is 0 Å². The predicted molar refractivity (Wildman–Crippen MR) is 159 cm³/mol. The summed E-state index contributed by atoms with van der Waals surface area (Å²) in [4.78, 5) is 55.5. The number of amides is 3. The van der Waals surface area contributed by atoms with Crippen molar-refractivity contribution in [1.29, 1.82) is 0 Å². The van der Waals surface area contributed by atoms with Crippen LogP contribution in [0.25, 0.3) is 0 Å². The first-order valence-corrected chi connectivity index (χ1v) is 14.1. The molecule has 0 spiro atoms. The number of hydrogen-bond donors (Lipinski definition) is 3. The van der Waals surface area contributed by atoms with Crippen LogP contribution in [0.3, 0.4) is 0 Å².